The van der Waals surface area contributed by atoms with Gasteiger partial charge < -0.3 is 9.80 Å². The molecule has 60 heavy (non-hydrogen) atoms. The number of anilines is 4. The van der Waals surface area contributed by atoms with Gasteiger partial charge in [-0.15, -0.1) is 0 Å². The van der Waals surface area contributed by atoms with Crippen LogP contribution in [0.4, 0.5) is 22.7 Å². The number of aryl methyl sites for hydroxylation is 2. The first-order chi connectivity index (χ1) is 29.1. The van der Waals surface area contributed by atoms with Crippen molar-refractivity contribution in [2.24, 2.45) is 0 Å². The van der Waals surface area contributed by atoms with Crippen LogP contribution < -0.4 is 9.80 Å². The smallest absolute Gasteiger partial charge is 0.0517 e. The molecule has 4 atom stereocenters. The van der Waals surface area contributed by atoms with Crippen LogP contribution in [0, 0.1) is 13.8 Å². The van der Waals surface area contributed by atoms with Gasteiger partial charge in [-0.3, -0.25) is 0 Å². The molecular formula is C58H56N2. The summed E-state index contributed by atoms with van der Waals surface area (Å²) in [7, 11) is 0. The topological polar surface area (TPSA) is 6.48 Å². The molecule has 0 bridgehead atoms. The zero-order chi connectivity index (χ0) is 40.8. The lowest BCUT2D eigenvalue weighted by Gasteiger charge is -2.50. The number of para-hydroxylation sites is 2. The summed E-state index contributed by atoms with van der Waals surface area (Å²) in [4.78, 5) is 5.42. The van der Waals surface area contributed by atoms with Crippen molar-refractivity contribution in [2.75, 3.05) is 9.80 Å². The van der Waals surface area contributed by atoms with Gasteiger partial charge in [0, 0.05) is 33.6 Å². The quantitative estimate of drug-likeness (QED) is 0.164. The van der Waals surface area contributed by atoms with Crippen LogP contribution in [0.3, 0.4) is 0 Å². The summed E-state index contributed by atoms with van der Waals surface area (Å²) in [6.07, 6.45) is 9.97. The zero-order valence-electron chi connectivity index (χ0n) is 36.3. The second-order valence-corrected chi connectivity index (χ2v) is 20.0. The van der Waals surface area contributed by atoms with Gasteiger partial charge in [0.25, 0.3) is 0 Å². The lowest BCUT2D eigenvalue weighted by atomic mass is 9.61. The molecule has 4 unspecified atom stereocenters. The third-order valence-electron chi connectivity index (χ3n) is 17.2. The third kappa shape index (κ3) is 4.55. The molecule has 0 aromatic heterocycles. The van der Waals surface area contributed by atoms with E-state index in [-0.39, 0.29) is 21.9 Å². The summed E-state index contributed by atoms with van der Waals surface area (Å²) < 4.78 is 0. The second kappa shape index (κ2) is 12.5. The monoisotopic (exact) mass is 780 g/mol. The van der Waals surface area contributed by atoms with E-state index in [9.17, 15) is 0 Å². The molecule has 8 aromatic rings. The predicted molar refractivity (Wildman–Crippen MR) is 256 cm³/mol. The summed E-state index contributed by atoms with van der Waals surface area (Å²) >= 11 is 0. The summed E-state index contributed by atoms with van der Waals surface area (Å²) in [5.41, 5.74) is 16.8. The number of rotatable bonds is 4. The molecular weight excluding hydrogens is 725 g/mol. The summed E-state index contributed by atoms with van der Waals surface area (Å²) in [5.74, 6) is 0. The highest BCUT2D eigenvalue weighted by molar-refractivity contribution is 6.27. The fraction of sp³-hybridized carbons (Fsp3) is 0.310. The maximum absolute atomic E-state index is 2.71. The summed E-state index contributed by atoms with van der Waals surface area (Å²) in [5, 5.41) is 8.14. The summed E-state index contributed by atoms with van der Waals surface area (Å²) in [6.45, 7) is 14.9. The standard InChI is InChI=1S/C58H56N2/c1-37-33-51-49(55(3)29-13-15-31-57(55,5)59(51)41-17-9-7-10-18-41)35-47(37)43-25-21-39-24-28-46-44(26-22-40-23-27-45(43)53(39)54(40)46)48-36-50-52(34-38(48)2)60(42-19-11-8-12-20-42)58(6)32-16-14-30-56(50,58)4/h7-12,17-28,33-36H,13-16,29-32H2,1-6H3. The van der Waals surface area contributed by atoms with Gasteiger partial charge in [0.1, 0.15) is 0 Å². The Labute approximate surface area is 356 Å². The minimum absolute atomic E-state index is 0.0294. The van der Waals surface area contributed by atoms with Crippen molar-refractivity contribution in [1.82, 2.24) is 0 Å². The van der Waals surface area contributed by atoms with Crippen molar-refractivity contribution >= 4 is 55.1 Å². The van der Waals surface area contributed by atoms with Crippen molar-refractivity contribution in [3.63, 3.8) is 0 Å². The van der Waals surface area contributed by atoms with Crippen LogP contribution in [0.15, 0.2) is 133 Å². The highest BCUT2D eigenvalue weighted by Gasteiger charge is 2.59. The molecule has 298 valence electrons. The molecule has 0 radical (unpaired) electrons. The van der Waals surface area contributed by atoms with Gasteiger partial charge in [-0.1, -0.05) is 124 Å². The van der Waals surface area contributed by atoms with Crippen LogP contribution in [-0.4, -0.2) is 11.1 Å². The predicted octanol–water partition coefficient (Wildman–Crippen LogP) is 16.0. The number of hydrogen-bond donors (Lipinski definition) is 0. The minimum atomic E-state index is 0.0294. The van der Waals surface area contributed by atoms with E-state index in [1.165, 1.54) is 151 Å². The van der Waals surface area contributed by atoms with E-state index in [4.69, 9.17) is 0 Å². The van der Waals surface area contributed by atoms with Crippen molar-refractivity contribution in [3.05, 3.63) is 156 Å². The molecule has 2 fully saturated rings. The van der Waals surface area contributed by atoms with Crippen LogP contribution in [0.2, 0.25) is 0 Å². The van der Waals surface area contributed by atoms with Gasteiger partial charge in [0.05, 0.1) is 11.1 Å². The van der Waals surface area contributed by atoms with E-state index >= 15 is 0 Å². The van der Waals surface area contributed by atoms with Crippen LogP contribution in [0.5, 0.6) is 0 Å². The molecule has 4 aliphatic rings. The van der Waals surface area contributed by atoms with Crippen molar-refractivity contribution in [2.45, 2.75) is 115 Å². The Morgan fingerprint density at radius 1 is 0.400 bits per heavy atom. The molecule has 2 nitrogen and oxygen atoms in total. The Hall–Kier alpha value is -5.60. The van der Waals surface area contributed by atoms with E-state index in [1.807, 2.05) is 0 Å². The Bertz CT molecular complexity index is 2830. The first-order valence-corrected chi connectivity index (χ1v) is 22.8. The lowest BCUT2D eigenvalue weighted by molar-refractivity contribution is 0.195. The maximum atomic E-state index is 2.71. The first-order valence-electron chi connectivity index (χ1n) is 22.8. The zero-order valence-corrected chi connectivity index (χ0v) is 36.3. The van der Waals surface area contributed by atoms with Crippen molar-refractivity contribution < 1.29 is 0 Å². The van der Waals surface area contributed by atoms with E-state index in [0.717, 1.165) is 0 Å². The van der Waals surface area contributed by atoms with Crippen LogP contribution in [0.25, 0.3) is 54.6 Å². The Balaban J connectivity index is 1.04. The molecule has 2 heteroatoms. The van der Waals surface area contributed by atoms with Gasteiger partial charge in [-0.2, -0.15) is 0 Å². The molecule has 12 rings (SSSR count). The van der Waals surface area contributed by atoms with Gasteiger partial charge >= 0.3 is 0 Å². The molecule has 0 saturated heterocycles. The fourth-order valence-corrected chi connectivity index (χ4v) is 13.6. The van der Waals surface area contributed by atoms with Gasteiger partial charge in [-0.25, -0.2) is 0 Å². The number of fused-ring (bicyclic) bond motifs is 6. The van der Waals surface area contributed by atoms with Crippen LogP contribution in [0.1, 0.15) is 101 Å². The molecule has 0 spiro atoms. The average Bonchev–Trinajstić information content (AvgIpc) is 3.59. The van der Waals surface area contributed by atoms with Gasteiger partial charge in [0.2, 0.25) is 0 Å². The molecule has 0 N–H and O–H groups in total. The molecule has 0 amide bonds. The van der Waals surface area contributed by atoms with Gasteiger partial charge in [-0.05, 0) is 179 Å². The van der Waals surface area contributed by atoms with E-state index in [2.05, 4.69) is 185 Å². The SMILES string of the molecule is Cc1cc2c(cc1-c1ccc3ccc4c(-c5cc6c(cc5C)N(c5ccccc5)C5(C)CCCCC65C)ccc5ccc1c3c54)C1(C)CCCCC1(C)N2c1ccccc1. The fourth-order valence-electron chi connectivity index (χ4n) is 13.6. The Morgan fingerprint density at radius 2 is 0.783 bits per heavy atom. The molecule has 8 aromatic carbocycles. The third-order valence-corrected chi connectivity index (χ3v) is 17.2. The second-order valence-electron chi connectivity index (χ2n) is 20.0. The number of hydrogen-bond acceptors (Lipinski definition) is 2. The van der Waals surface area contributed by atoms with E-state index < -0.39 is 0 Å². The highest BCUT2D eigenvalue weighted by atomic mass is 15.3. The normalized spacial score (nSPS) is 25.8. The summed E-state index contributed by atoms with van der Waals surface area (Å²) in [6, 6.07) is 51.8. The van der Waals surface area contributed by atoms with Crippen molar-refractivity contribution in [3.8, 4) is 22.3 Å². The first kappa shape index (κ1) is 36.3. The average molecular weight is 781 g/mol. The van der Waals surface area contributed by atoms with Crippen LogP contribution >= 0.6 is 0 Å². The van der Waals surface area contributed by atoms with E-state index in [0.29, 0.717) is 0 Å². The number of benzene rings is 8. The minimum Gasteiger partial charge on any atom is -0.334 e. The maximum Gasteiger partial charge on any atom is 0.0517 e. The molecule has 2 heterocycles. The molecule has 2 aliphatic heterocycles. The van der Waals surface area contributed by atoms with Crippen molar-refractivity contribution in [1.29, 1.82) is 0 Å². The number of nitrogens with zero attached hydrogens (tertiary/aromatic N) is 2. The van der Waals surface area contributed by atoms with E-state index in [1.54, 1.807) is 0 Å². The lowest BCUT2D eigenvalue weighted by Crippen LogP contribution is -2.54. The Kier molecular flexibility index (Phi) is 7.54. The Morgan fingerprint density at radius 3 is 1.20 bits per heavy atom. The molecule has 2 saturated carbocycles. The van der Waals surface area contributed by atoms with Gasteiger partial charge in [0.15, 0.2) is 0 Å². The largest absolute Gasteiger partial charge is 0.334 e. The highest BCUT2D eigenvalue weighted by Crippen LogP contribution is 2.63. The van der Waals surface area contributed by atoms with Crippen LogP contribution in [-0.2, 0) is 10.8 Å². The molecule has 2 aliphatic carbocycles.